The van der Waals surface area contributed by atoms with Gasteiger partial charge in [0.05, 0.1) is 25.3 Å². The quantitative estimate of drug-likeness (QED) is 0.383. The molecule has 1 aliphatic heterocycles. The van der Waals surface area contributed by atoms with Crippen LogP contribution in [-0.4, -0.2) is 43.3 Å². The SMILES string of the molecule is CCc1ccc(C(C#N)NC(=O)C2=CN(CCNC(=O)c3ccc(SC)cc3OC)NN2)cc1. The molecule has 0 fully saturated rings. The maximum Gasteiger partial charge on any atom is 0.271 e. The van der Waals surface area contributed by atoms with Gasteiger partial charge in [0.15, 0.2) is 0 Å². The molecular weight excluding hydrogens is 452 g/mol. The van der Waals surface area contributed by atoms with Gasteiger partial charge in [0.2, 0.25) is 0 Å². The first-order valence-electron chi connectivity index (χ1n) is 10.8. The van der Waals surface area contributed by atoms with Crippen molar-refractivity contribution in [1.29, 1.82) is 5.26 Å². The van der Waals surface area contributed by atoms with Gasteiger partial charge in [-0.2, -0.15) is 5.26 Å². The number of benzene rings is 2. The lowest BCUT2D eigenvalue weighted by Gasteiger charge is -2.16. The number of carbonyl (C=O) groups excluding carboxylic acids is 2. The lowest BCUT2D eigenvalue weighted by atomic mass is 10.0. The average Bonchev–Trinajstić information content (AvgIpc) is 3.35. The Morgan fingerprint density at radius 1 is 1.21 bits per heavy atom. The molecule has 1 heterocycles. The highest BCUT2D eigenvalue weighted by molar-refractivity contribution is 7.98. The number of nitriles is 1. The Hall–Kier alpha value is -3.68. The number of hydrogen-bond acceptors (Lipinski definition) is 8. The highest BCUT2D eigenvalue weighted by Crippen LogP contribution is 2.25. The maximum absolute atomic E-state index is 12.6. The minimum absolute atomic E-state index is 0.246. The molecule has 0 saturated carbocycles. The summed E-state index contributed by atoms with van der Waals surface area (Å²) in [5.41, 5.74) is 8.25. The topological polar surface area (TPSA) is 119 Å². The number of nitrogens with one attached hydrogen (secondary N) is 4. The number of aryl methyl sites for hydroxylation is 1. The fourth-order valence-corrected chi connectivity index (χ4v) is 3.73. The van der Waals surface area contributed by atoms with Crippen molar-refractivity contribution in [1.82, 2.24) is 26.6 Å². The Labute approximate surface area is 203 Å². The standard InChI is InChI=1S/C24H28N6O3S/c1-4-16-5-7-17(8-6-16)20(14-25)27-24(32)21-15-30(29-28-21)12-11-26-23(31)19-10-9-18(34-3)13-22(19)33-2/h5-10,13,15,20,28-29H,4,11-12H2,1-3H3,(H,26,31)(H,27,32). The zero-order valence-corrected chi connectivity index (χ0v) is 20.2. The van der Waals surface area contributed by atoms with Crippen LogP contribution in [-0.2, 0) is 11.2 Å². The van der Waals surface area contributed by atoms with E-state index in [2.05, 4.69) is 34.6 Å². The highest BCUT2D eigenvalue weighted by Gasteiger charge is 2.21. The molecule has 4 N–H and O–H groups in total. The second-order valence-electron chi connectivity index (χ2n) is 7.43. The molecule has 0 bridgehead atoms. The molecule has 0 aromatic heterocycles. The predicted molar refractivity (Wildman–Crippen MR) is 130 cm³/mol. The van der Waals surface area contributed by atoms with Crippen molar-refractivity contribution in [3.05, 3.63) is 71.1 Å². The monoisotopic (exact) mass is 480 g/mol. The summed E-state index contributed by atoms with van der Waals surface area (Å²) < 4.78 is 5.33. The second-order valence-corrected chi connectivity index (χ2v) is 8.31. The van der Waals surface area contributed by atoms with Crippen LogP contribution in [0.25, 0.3) is 0 Å². The van der Waals surface area contributed by atoms with E-state index in [0.717, 1.165) is 22.4 Å². The first-order chi connectivity index (χ1) is 16.5. The molecule has 0 saturated heterocycles. The third-order valence-electron chi connectivity index (χ3n) is 5.28. The summed E-state index contributed by atoms with van der Waals surface area (Å²) in [5, 5.41) is 16.7. The number of rotatable bonds is 10. The predicted octanol–water partition coefficient (Wildman–Crippen LogP) is 2.26. The molecule has 2 aromatic rings. The normalized spacial score (nSPS) is 13.4. The summed E-state index contributed by atoms with van der Waals surface area (Å²) in [6.45, 7) is 2.79. The van der Waals surface area contributed by atoms with Gasteiger partial charge in [-0.05, 0) is 42.0 Å². The molecule has 1 aliphatic rings. The van der Waals surface area contributed by atoms with Crippen molar-refractivity contribution in [3.8, 4) is 11.8 Å². The molecule has 1 atom stereocenters. The molecule has 2 aromatic carbocycles. The van der Waals surface area contributed by atoms with E-state index >= 15 is 0 Å². The summed E-state index contributed by atoms with van der Waals surface area (Å²) in [6.07, 6.45) is 4.45. The smallest absolute Gasteiger partial charge is 0.271 e. The molecule has 9 nitrogen and oxygen atoms in total. The van der Waals surface area contributed by atoms with E-state index in [1.54, 1.807) is 29.0 Å². The van der Waals surface area contributed by atoms with E-state index in [4.69, 9.17) is 4.74 Å². The number of amides is 2. The summed E-state index contributed by atoms with van der Waals surface area (Å²) in [5.74, 6) is -0.145. The number of carbonyl (C=O) groups is 2. The molecule has 1 unspecified atom stereocenters. The minimum Gasteiger partial charge on any atom is -0.496 e. The Morgan fingerprint density at radius 2 is 1.97 bits per heavy atom. The zero-order chi connectivity index (χ0) is 24.5. The van der Waals surface area contributed by atoms with Gasteiger partial charge >= 0.3 is 0 Å². The van der Waals surface area contributed by atoms with Crippen molar-refractivity contribution in [2.45, 2.75) is 24.3 Å². The molecule has 0 radical (unpaired) electrons. The van der Waals surface area contributed by atoms with Gasteiger partial charge in [0, 0.05) is 17.6 Å². The van der Waals surface area contributed by atoms with Gasteiger partial charge < -0.3 is 15.4 Å². The van der Waals surface area contributed by atoms with Gasteiger partial charge in [-0.25, -0.2) is 0 Å². The van der Waals surface area contributed by atoms with Crippen LogP contribution >= 0.6 is 11.8 Å². The van der Waals surface area contributed by atoms with Crippen LogP contribution in [0.4, 0.5) is 0 Å². The summed E-state index contributed by atoms with van der Waals surface area (Å²) in [4.78, 5) is 26.1. The van der Waals surface area contributed by atoms with Crippen LogP contribution in [0.15, 0.2) is 59.3 Å². The lowest BCUT2D eigenvalue weighted by molar-refractivity contribution is -0.118. The van der Waals surface area contributed by atoms with Crippen molar-refractivity contribution < 1.29 is 14.3 Å². The van der Waals surface area contributed by atoms with E-state index in [1.807, 2.05) is 42.7 Å². The third-order valence-corrected chi connectivity index (χ3v) is 6.01. The van der Waals surface area contributed by atoms with Crippen molar-refractivity contribution in [3.63, 3.8) is 0 Å². The Bertz CT molecular complexity index is 1100. The molecule has 178 valence electrons. The summed E-state index contributed by atoms with van der Waals surface area (Å²) in [7, 11) is 1.53. The molecule has 0 aliphatic carbocycles. The third kappa shape index (κ3) is 6.21. The first-order valence-corrected chi connectivity index (χ1v) is 12.0. The lowest BCUT2D eigenvalue weighted by Crippen LogP contribution is -2.42. The van der Waals surface area contributed by atoms with Crippen LogP contribution in [0, 0.1) is 11.3 Å². The first kappa shape index (κ1) is 25.0. The number of methoxy groups -OCH3 is 1. The maximum atomic E-state index is 12.6. The van der Waals surface area contributed by atoms with Gasteiger partial charge in [0.1, 0.15) is 17.5 Å². The Balaban J connectivity index is 1.51. The fourth-order valence-electron chi connectivity index (χ4n) is 3.30. The Morgan fingerprint density at radius 3 is 2.62 bits per heavy atom. The van der Waals surface area contributed by atoms with Crippen LogP contribution < -0.4 is 26.3 Å². The zero-order valence-electron chi connectivity index (χ0n) is 19.3. The second kappa shape index (κ2) is 12.0. The van der Waals surface area contributed by atoms with E-state index in [1.165, 1.54) is 7.11 Å². The molecule has 34 heavy (non-hydrogen) atoms. The summed E-state index contributed by atoms with van der Waals surface area (Å²) in [6, 6.07) is 14.4. The van der Waals surface area contributed by atoms with Crippen LogP contribution in [0.5, 0.6) is 5.75 Å². The molecule has 3 rings (SSSR count). The van der Waals surface area contributed by atoms with E-state index in [-0.39, 0.29) is 11.6 Å². The van der Waals surface area contributed by atoms with Crippen LogP contribution in [0.2, 0.25) is 0 Å². The van der Waals surface area contributed by atoms with E-state index in [9.17, 15) is 14.9 Å². The largest absolute Gasteiger partial charge is 0.496 e. The number of ether oxygens (including phenoxy) is 1. The molecule has 0 spiro atoms. The van der Waals surface area contributed by atoms with Crippen molar-refractivity contribution in [2.75, 3.05) is 26.5 Å². The van der Waals surface area contributed by atoms with Gasteiger partial charge in [-0.1, -0.05) is 31.2 Å². The van der Waals surface area contributed by atoms with Crippen molar-refractivity contribution >= 4 is 23.6 Å². The number of hydrogen-bond donors (Lipinski definition) is 4. The fraction of sp³-hybridized carbons (Fsp3) is 0.292. The molecular formula is C24H28N6O3S. The van der Waals surface area contributed by atoms with Crippen molar-refractivity contribution in [2.24, 2.45) is 0 Å². The number of hydrazine groups is 2. The average molecular weight is 481 g/mol. The van der Waals surface area contributed by atoms with E-state index < -0.39 is 11.9 Å². The minimum atomic E-state index is -0.762. The van der Waals surface area contributed by atoms with E-state index in [0.29, 0.717) is 24.4 Å². The van der Waals surface area contributed by atoms with Gasteiger partial charge in [0.25, 0.3) is 11.8 Å². The van der Waals surface area contributed by atoms with Crippen LogP contribution in [0.1, 0.15) is 34.5 Å². The van der Waals surface area contributed by atoms with Crippen LogP contribution in [0.3, 0.4) is 0 Å². The number of nitrogens with zero attached hydrogens (tertiary/aromatic N) is 2. The Kier molecular flexibility index (Phi) is 8.79. The summed E-state index contributed by atoms with van der Waals surface area (Å²) >= 11 is 1.57. The van der Waals surface area contributed by atoms with Gasteiger partial charge in [-0.15, -0.1) is 17.3 Å². The van der Waals surface area contributed by atoms with Gasteiger partial charge in [-0.3, -0.25) is 20.0 Å². The molecule has 10 heteroatoms. The molecule has 2 amide bonds. The highest BCUT2D eigenvalue weighted by atomic mass is 32.2. The number of thioether (sulfide) groups is 1.